The van der Waals surface area contributed by atoms with E-state index < -0.39 is 0 Å². The Kier molecular flexibility index (Phi) is 14.3. The summed E-state index contributed by atoms with van der Waals surface area (Å²) in [5.74, 6) is 0.750. The van der Waals surface area contributed by atoms with Gasteiger partial charge in [0.05, 0.1) is 0 Å². The molecule has 19 heavy (non-hydrogen) atoms. The van der Waals surface area contributed by atoms with Gasteiger partial charge in [0.15, 0.2) is 0 Å². The zero-order valence-electron chi connectivity index (χ0n) is 13.9. The van der Waals surface area contributed by atoms with Gasteiger partial charge in [0.1, 0.15) is 0 Å². The highest BCUT2D eigenvalue weighted by Gasteiger charge is 2.00. The molecule has 116 valence electrons. The molecule has 0 spiro atoms. The monoisotopic (exact) mass is 270 g/mol. The molecule has 0 saturated carbocycles. The van der Waals surface area contributed by atoms with E-state index in [0.717, 1.165) is 19.0 Å². The summed E-state index contributed by atoms with van der Waals surface area (Å²) in [6.45, 7) is 12.5. The second-order valence-electron chi connectivity index (χ2n) is 6.38. The maximum absolute atomic E-state index is 3.61. The lowest BCUT2D eigenvalue weighted by Gasteiger charge is -2.15. The van der Waals surface area contributed by atoms with Crippen molar-refractivity contribution in [3.05, 3.63) is 0 Å². The van der Waals surface area contributed by atoms with Gasteiger partial charge in [0.25, 0.3) is 0 Å². The van der Waals surface area contributed by atoms with Crippen LogP contribution in [0, 0.1) is 5.92 Å². The fourth-order valence-electron chi connectivity index (χ4n) is 2.27. The maximum atomic E-state index is 3.61. The maximum Gasteiger partial charge on any atom is 0.0164 e. The minimum Gasteiger partial charge on any atom is -0.315 e. The van der Waals surface area contributed by atoms with Crippen LogP contribution in [0.1, 0.15) is 79.1 Å². The Hall–Kier alpha value is -0.0800. The molecule has 0 fully saturated rings. The van der Waals surface area contributed by atoms with Crippen molar-refractivity contribution < 1.29 is 0 Å². The molecule has 0 saturated heterocycles. The fourth-order valence-corrected chi connectivity index (χ4v) is 2.27. The summed E-state index contributed by atoms with van der Waals surface area (Å²) in [5.41, 5.74) is 0. The van der Waals surface area contributed by atoms with Crippen LogP contribution in [-0.2, 0) is 0 Å². The van der Waals surface area contributed by atoms with Crippen LogP contribution >= 0.6 is 0 Å². The second-order valence-corrected chi connectivity index (χ2v) is 6.38. The van der Waals surface area contributed by atoms with Gasteiger partial charge in [-0.25, -0.2) is 0 Å². The molecule has 0 aromatic carbocycles. The average molecular weight is 271 g/mol. The van der Waals surface area contributed by atoms with Crippen molar-refractivity contribution in [2.24, 2.45) is 5.92 Å². The third-order valence-corrected chi connectivity index (χ3v) is 3.53. The Morgan fingerprint density at radius 1 is 0.737 bits per heavy atom. The molecule has 0 amide bonds. The summed E-state index contributed by atoms with van der Waals surface area (Å²) in [5, 5.41) is 7.11. The number of nitrogens with one attached hydrogen (secondary N) is 2. The van der Waals surface area contributed by atoms with Gasteiger partial charge in [-0.15, -0.1) is 0 Å². The van der Waals surface area contributed by atoms with Crippen molar-refractivity contribution in [3.63, 3.8) is 0 Å². The van der Waals surface area contributed by atoms with Gasteiger partial charge in [-0.2, -0.15) is 0 Å². The molecule has 0 rings (SSSR count). The molecular formula is C17H38N2. The van der Waals surface area contributed by atoms with E-state index in [0.29, 0.717) is 6.04 Å². The van der Waals surface area contributed by atoms with E-state index in [1.54, 1.807) is 0 Å². The van der Waals surface area contributed by atoms with E-state index in [1.165, 1.54) is 57.9 Å². The van der Waals surface area contributed by atoms with Gasteiger partial charge in [-0.3, -0.25) is 0 Å². The van der Waals surface area contributed by atoms with Crippen molar-refractivity contribution in [3.8, 4) is 0 Å². The van der Waals surface area contributed by atoms with Crippen molar-refractivity contribution in [1.29, 1.82) is 0 Å². The highest BCUT2D eigenvalue weighted by Crippen LogP contribution is 2.07. The molecule has 1 unspecified atom stereocenters. The molecule has 0 aliphatic heterocycles. The van der Waals surface area contributed by atoms with E-state index in [-0.39, 0.29) is 0 Å². The van der Waals surface area contributed by atoms with Gasteiger partial charge in [-0.1, -0.05) is 65.7 Å². The molecule has 1 atom stereocenters. The second kappa shape index (κ2) is 14.3. The van der Waals surface area contributed by atoms with Crippen LogP contribution in [0.3, 0.4) is 0 Å². The summed E-state index contributed by atoms with van der Waals surface area (Å²) < 4.78 is 0. The predicted molar refractivity (Wildman–Crippen MR) is 87.8 cm³/mol. The molecule has 2 heteroatoms. The van der Waals surface area contributed by atoms with Crippen molar-refractivity contribution in [2.45, 2.75) is 85.1 Å². The van der Waals surface area contributed by atoms with Crippen LogP contribution in [0.2, 0.25) is 0 Å². The predicted octanol–water partition coefficient (Wildman–Crippen LogP) is 4.35. The zero-order chi connectivity index (χ0) is 14.3. The third kappa shape index (κ3) is 15.9. The first-order chi connectivity index (χ1) is 9.16. The standard InChI is InChI=1S/C17H38N2/c1-5-6-7-8-9-10-11-12-13-19-17(4)15-18-14-16(2)3/h16-19H,5-15H2,1-4H3. The molecule has 2 N–H and O–H groups in total. The van der Waals surface area contributed by atoms with Gasteiger partial charge in [-0.05, 0) is 32.4 Å². The largest absolute Gasteiger partial charge is 0.315 e. The lowest BCUT2D eigenvalue weighted by molar-refractivity contribution is 0.462. The average Bonchev–Trinajstić information content (AvgIpc) is 2.36. The minimum absolute atomic E-state index is 0.600. The Morgan fingerprint density at radius 2 is 1.32 bits per heavy atom. The van der Waals surface area contributed by atoms with Crippen molar-refractivity contribution in [1.82, 2.24) is 10.6 Å². The normalized spacial score (nSPS) is 13.1. The van der Waals surface area contributed by atoms with Crippen LogP contribution < -0.4 is 10.6 Å². The van der Waals surface area contributed by atoms with E-state index in [1.807, 2.05) is 0 Å². The van der Waals surface area contributed by atoms with Gasteiger partial charge < -0.3 is 10.6 Å². The number of hydrogen-bond donors (Lipinski definition) is 2. The summed E-state index contributed by atoms with van der Waals surface area (Å²) in [7, 11) is 0. The molecule has 0 heterocycles. The van der Waals surface area contributed by atoms with Crippen LogP contribution in [0.4, 0.5) is 0 Å². The molecule has 0 bridgehead atoms. The SMILES string of the molecule is CCCCCCCCCCNC(C)CNCC(C)C. The first-order valence-corrected chi connectivity index (χ1v) is 8.60. The topological polar surface area (TPSA) is 24.1 Å². The van der Waals surface area contributed by atoms with Crippen LogP contribution in [0.25, 0.3) is 0 Å². The molecule has 0 aromatic rings. The Labute approximate surface area is 122 Å². The molecule has 0 aliphatic rings. The number of hydrogen-bond acceptors (Lipinski definition) is 2. The van der Waals surface area contributed by atoms with Gasteiger partial charge >= 0.3 is 0 Å². The molecule has 2 nitrogen and oxygen atoms in total. The van der Waals surface area contributed by atoms with E-state index in [9.17, 15) is 0 Å². The van der Waals surface area contributed by atoms with Gasteiger partial charge in [0.2, 0.25) is 0 Å². The lowest BCUT2D eigenvalue weighted by Crippen LogP contribution is -2.38. The van der Waals surface area contributed by atoms with Crippen molar-refractivity contribution in [2.75, 3.05) is 19.6 Å². The third-order valence-electron chi connectivity index (χ3n) is 3.53. The quantitative estimate of drug-likeness (QED) is 0.459. The summed E-state index contributed by atoms with van der Waals surface area (Å²) in [6.07, 6.45) is 11.2. The summed E-state index contributed by atoms with van der Waals surface area (Å²) in [4.78, 5) is 0. The van der Waals surface area contributed by atoms with Crippen molar-refractivity contribution >= 4 is 0 Å². The Bertz CT molecular complexity index is 169. The lowest BCUT2D eigenvalue weighted by atomic mass is 10.1. The Morgan fingerprint density at radius 3 is 1.89 bits per heavy atom. The molecule has 0 aliphatic carbocycles. The molecule has 0 aromatic heterocycles. The first kappa shape index (κ1) is 18.9. The summed E-state index contributed by atoms with van der Waals surface area (Å²) >= 11 is 0. The van der Waals surface area contributed by atoms with E-state index >= 15 is 0 Å². The van der Waals surface area contributed by atoms with E-state index in [2.05, 4.69) is 38.3 Å². The van der Waals surface area contributed by atoms with Crippen LogP contribution in [0.15, 0.2) is 0 Å². The smallest absolute Gasteiger partial charge is 0.0164 e. The molecular weight excluding hydrogens is 232 g/mol. The summed E-state index contributed by atoms with van der Waals surface area (Å²) in [6, 6.07) is 0.600. The number of rotatable bonds is 14. The minimum atomic E-state index is 0.600. The first-order valence-electron chi connectivity index (χ1n) is 8.60. The highest BCUT2D eigenvalue weighted by atomic mass is 15.0. The van der Waals surface area contributed by atoms with Crippen LogP contribution in [-0.4, -0.2) is 25.7 Å². The van der Waals surface area contributed by atoms with Crippen LogP contribution in [0.5, 0.6) is 0 Å². The zero-order valence-corrected chi connectivity index (χ0v) is 13.9. The highest BCUT2D eigenvalue weighted by molar-refractivity contribution is 4.64. The fraction of sp³-hybridized carbons (Fsp3) is 1.00. The van der Waals surface area contributed by atoms with E-state index in [4.69, 9.17) is 0 Å². The molecule has 0 radical (unpaired) electrons. The Balaban J connectivity index is 3.12. The van der Waals surface area contributed by atoms with Gasteiger partial charge in [0, 0.05) is 12.6 Å². The number of unbranched alkanes of at least 4 members (excludes halogenated alkanes) is 7.